The molecular weight excluding hydrogens is 279 g/mol. The van der Waals surface area contributed by atoms with Crippen LogP contribution in [0.25, 0.3) is 0 Å². The van der Waals surface area contributed by atoms with Crippen molar-refractivity contribution in [3.63, 3.8) is 0 Å². The van der Waals surface area contributed by atoms with Gasteiger partial charge in [0.05, 0.1) is 0 Å². The van der Waals surface area contributed by atoms with Crippen molar-refractivity contribution in [1.29, 1.82) is 0 Å². The maximum Gasteiger partial charge on any atom is 0.404 e. The lowest BCUT2D eigenvalue weighted by molar-refractivity contribution is -0.176. The molecule has 2 saturated heterocycles. The van der Waals surface area contributed by atoms with E-state index in [2.05, 4.69) is 31.0 Å². The first-order valence-electron chi connectivity index (χ1n) is 7.94. The van der Waals surface area contributed by atoms with Gasteiger partial charge >= 0.3 is 6.18 Å². The molecule has 0 amide bonds. The third kappa shape index (κ3) is 4.57. The van der Waals surface area contributed by atoms with E-state index in [0.717, 1.165) is 26.1 Å². The van der Waals surface area contributed by atoms with Crippen LogP contribution in [0, 0.1) is 5.92 Å². The minimum Gasteiger partial charge on any atom is -0.304 e. The molecule has 2 aliphatic heterocycles. The maximum absolute atomic E-state index is 12.8. The van der Waals surface area contributed by atoms with E-state index in [9.17, 15) is 13.2 Å². The number of likely N-dealkylation sites (tertiary alicyclic amines) is 2. The summed E-state index contributed by atoms with van der Waals surface area (Å²) >= 11 is 0. The van der Waals surface area contributed by atoms with Crippen molar-refractivity contribution < 1.29 is 13.2 Å². The average Bonchev–Trinajstić information content (AvgIpc) is 2.95. The molecule has 0 saturated carbocycles. The predicted molar refractivity (Wildman–Crippen MR) is 78.1 cm³/mol. The first-order valence-corrected chi connectivity index (χ1v) is 7.94. The average molecular weight is 307 g/mol. The van der Waals surface area contributed by atoms with Crippen molar-refractivity contribution in [2.45, 2.75) is 57.8 Å². The van der Waals surface area contributed by atoms with Crippen molar-refractivity contribution in [2.24, 2.45) is 5.92 Å². The molecule has 124 valence electrons. The summed E-state index contributed by atoms with van der Waals surface area (Å²) in [6, 6.07) is -1.25. The van der Waals surface area contributed by atoms with Crippen LogP contribution in [0.4, 0.5) is 13.2 Å². The minimum atomic E-state index is -4.09. The Hall–Kier alpha value is -0.330. The highest BCUT2D eigenvalue weighted by molar-refractivity contribution is 4.87. The van der Waals surface area contributed by atoms with Crippen LogP contribution in [-0.4, -0.2) is 60.4 Å². The molecule has 2 aliphatic rings. The summed E-state index contributed by atoms with van der Waals surface area (Å²) in [5.74, 6) is 0.552. The van der Waals surface area contributed by atoms with Crippen LogP contribution in [0.15, 0.2) is 0 Å². The first kappa shape index (κ1) is 17.0. The van der Waals surface area contributed by atoms with Gasteiger partial charge in [-0.25, -0.2) is 0 Å². The van der Waals surface area contributed by atoms with E-state index in [4.69, 9.17) is 0 Å². The Morgan fingerprint density at radius 1 is 1.10 bits per heavy atom. The Bertz CT molecular complexity index is 338. The van der Waals surface area contributed by atoms with Gasteiger partial charge in [0.1, 0.15) is 6.04 Å². The van der Waals surface area contributed by atoms with Gasteiger partial charge in [0.2, 0.25) is 0 Å². The Kier molecular flexibility index (Phi) is 5.21. The van der Waals surface area contributed by atoms with Gasteiger partial charge in [-0.3, -0.25) is 9.80 Å². The van der Waals surface area contributed by atoms with Gasteiger partial charge in [0.25, 0.3) is 0 Å². The molecule has 1 N–H and O–H groups in total. The Morgan fingerprint density at radius 2 is 1.81 bits per heavy atom. The van der Waals surface area contributed by atoms with Crippen LogP contribution in [0.2, 0.25) is 0 Å². The van der Waals surface area contributed by atoms with Gasteiger partial charge in [-0.2, -0.15) is 13.2 Å². The SMILES string of the molecule is CC(C)(C)N1CC[C@@H](CNCN2CCCC2C(F)(F)F)C1. The molecule has 2 fully saturated rings. The molecule has 6 heteroatoms. The highest BCUT2D eigenvalue weighted by Gasteiger charge is 2.45. The van der Waals surface area contributed by atoms with Crippen molar-refractivity contribution in [1.82, 2.24) is 15.1 Å². The number of hydrogen-bond donors (Lipinski definition) is 1. The largest absolute Gasteiger partial charge is 0.404 e. The molecule has 2 atom stereocenters. The highest BCUT2D eigenvalue weighted by Crippen LogP contribution is 2.32. The predicted octanol–water partition coefficient (Wildman–Crippen LogP) is 2.68. The van der Waals surface area contributed by atoms with Crippen molar-refractivity contribution >= 4 is 0 Å². The van der Waals surface area contributed by atoms with Gasteiger partial charge in [0, 0.05) is 31.8 Å². The summed E-state index contributed by atoms with van der Waals surface area (Å²) in [7, 11) is 0. The number of hydrogen-bond acceptors (Lipinski definition) is 3. The van der Waals surface area contributed by atoms with Crippen molar-refractivity contribution in [3.05, 3.63) is 0 Å². The summed E-state index contributed by atoms with van der Waals surface area (Å²) in [4.78, 5) is 3.99. The monoisotopic (exact) mass is 307 g/mol. The van der Waals surface area contributed by atoms with Crippen LogP contribution in [-0.2, 0) is 0 Å². The van der Waals surface area contributed by atoms with Gasteiger partial charge in [-0.1, -0.05) is 0 Å². The summed E-state index contributed by atoms with van der Waals surface area (Å²) in [5.41, 5.74) is 0.186. The molecule has 2 rings (SSSR count). The van der Waals surface area contributed by atoms with Crippen LogP contribution in [0.3, 0.4) is 0 Å². The molecule has 21 heavy (non-hydrogen) atoms. The molecule has 0 spiro atoms. The summed E-state index contributed by atoms with van der Waals surface area (Å²) in [6.45, 7) is 10.5. The van der Waals surface area contributed by atoms with Crippen molar-refractivity contribution in [3.8, 4) is 0 Å². The molecule has 0 aromatic carbocycles. The molecule has 0 aromatic heterocycles. The fourth-order valence-corrected chi connectivity index (χ4v) is 3.41. The maximum atomic E-state index is 12.8. The van der Waals surface area contributed by atoms with E-state index in [1.807, 2.05) is 0 Å². The third-order valence-electron chi connectivity index (χ3n) is 4.72. The molecular formula is C15H28F3N3. The van der Waals surface area contributed by atoms with Crippen molar-refractivity contribution in [2.75, 3.05) is 32.8 Å². The third-order valence-corrected chi connectivity index (χ3v) is 4.72. The molecule has 0 radical (unpaired) electrons. The van der Waals surface area contributed by atoms with Gasteiger partial charge in [0.15, 0.2) is 0 Å². The summed E-state index contributed by atoms with van der Waals surface area (Å²) in [5, 5.41) is 3.24. The number of nitrogens with zero attached hydrogens (tertiary/aromatic N) is 2. The topological polar surface area (TPSA) is 18.5 Å². The van der Waals surface area contributed by atoms with Crippen LogP contribution in [0.1, 0.15) is 40.0 Å². The smallest absolute Gasteiger partial charge is 0.304 e. The minimum absolute atomic E-state index is 0.186. The van der Waals surface area contributed by atoms with E-state index < -0.39 is 12.2 Å². The van der Waals surface area contributed by atoms with Crippen LogP contribution in [0.5, 0.6) is 0 Å². The first-order chi connectivity index (χ1) is 9.68. The van der Waals surface area contributed by atoms with Crippen LogP contribution < -0.4 is 5.32 Å². The quantitative estimate of drug-likeness (QED) is 0.861. The van der Waals surface area contributed by atoms with E-state index in [1.165, 1.54) is 4.90 Å². The molecule has 0 aliphatic carbocycles. The molecule has 0 aromatic rings. The number of alkyl halides is 3. The second-order valence-corrected chi connectivity index (χ2v) is 7.40. The number of nitrogens with one attached hydrogen (secondary N) is 1. The Balaban J connectivity index is 1.71. The second kappa shape index (κ2) is 6.42. The fraction of sp³-hybridized carbons (Fsp3) is 1.00. The molecule has 2 heterocycles. The number of rotatable bonds is 4. The lowest BCUT2D eigenvalue weighted by Gasteiger charge is -2.32. The molecule has 0 bridgehead atoms. The van der Waals surface area contributed by atoms with E-state index >= 15 is 0 Å². The normalized spacial score (nSPS) is 29.4. The summed E-state index contributed by atoms with van der Waals surface area (Å²) < 4.78 is 38.5. The second-order valence-electron chi connectivity index (χ2n) is 7.40. The lowest BCUT2D eigenvalue weighted by Crippen LogP contribution is -2.46. The van der Waals surface area contributed by atoms with Gasteiger partial charge in [-0.15, -0.1) is 0 Å². The number of halogens is 3. The highest BCUT2D eigenvalue weighted by atomic mass is 19.4. The van der Waals surface area contributed by atoms with E-state index in [-0.39, 0.29) is 12.0 Å². The zero-order valence-electron chi connectivity index (χ0n) is 13.3. The summed E-state index contributed by atoms with van der Waals surface area (Å²) in [6.07, 6.45) is -2.07. The zero-order valence-corrected chi connectivity index (χ0v) is 13.3. The molecule has 1 unspecified atom stereocenters. The molecule has 3 nitrogen and oxygen atoms in total. The Morgan fingerprint density at radius 3 is 2.38 bits per heavy atom. The van der Waals surface area contributed by atoms with E-state index in [1.54, 1.807) is 0 Å². The van der Waals surface area contributed by atoms with Gasteiger partial charge in [-0.05, 0) is 52.5 Å². The Labute approximate surface area is 125 Å². The van der Waals surface area contributed by atoms with E-state index in [0.29, 0.717) is 25.6 Å². The zero-order chi connectivity index (χ0) is 15.7. The van der Waals surface area contributed by atoms with Crippen LogP contribution >= 0.6 is 0 Å². The van der Waals surface area contributed by atoms with Gasteiger partial charge < -0.3 is 5.32 Å². The fourth-order valence-electron chi connectivity index (χ4n) is 3.41. The lowest BCUT2D eigenvalue weighted by atomic mass is 10.1. The standard InChI is InChI=1S/C15H28F3N3/c1-14(2,3)21-8-6-12(10-21)9-19-11-20-7-4-5-13(20)15(16,17)18/h12-13,19H,4-11H2,1-3H3/t12-,13?/m0/s1.